The molecule has 158 valence electrons. The Kier molecular flexibility index (Phi) is 6.02. The van der Waals surface area contributed by atoms with Crippen LogP contribution in [0.5, 0.6) is 11.5 Å². The molecule has 30 heavy (non-hydrogen) atoms. The molecule has 0 radical (unpaired) electrons. The molecule has 4 nitrogen and oxygen atoms in total. The third kappa shape index (κ3) is 4.91. The zero-order valence-corrected chi connectivity index (χ0v) is 16.4. The highest BCUT2D eigenvalue weighted by Gasteiger charge is 2.48. The summed E-state index contributed by atoms with van der Waals surface area (Å²) in [7, 11) is -5.77. The lowest BCUT2D eigenvalue weighted by molar-refractivity contribution is -0.0500. The molecule has 0 heterocycles. The fourth-order valence-electron chi connectivity index (χ4n) is 2.62. The molecule has 0 atom stereocenters. The summed E-state index contributed by atoms with van der Waals surface area (Å²) >= 11 is 0. The highest BCUT2D eigenvalue weighted by molar-refractivity contribution is 7.88. The predicted molar refractivity (Wildman–Crippen MR) is 103 cm³/mol. The Balaban J connectivity index is 1.78. The average Bonchev–Trinajstić information content (AvgIpc) is 2.68. The Morgan fingerprint density at radius 2 is 1.47 bits per heavy atom. The second-order valence-corrected chi connectivity index (χ2v) is 7.92. The molecule has 3 aromatic rings. The maximum Gasteiger partial charge on any atom is 0.534 e. The molecule has 0 N–H and O–H groups in total. The third-order valence-electron chi connectivity index (χ3n) is 4.16. The number of hydrogen-bond acceptors (Lipinski definition) is 4. The molecule has 9 heteroatoms. The summed E-state index contributed by atoms with van der Waals surface area (Å²) in [5.74, 6) is -1.02. The van der Waals surface area contributed by atoms with Crippen molar-refractivity contribution in [2.45, 2.75) is 19.0 Å². The summed E-state index contributed by atoms with van der Waals surface area (Å²) in [6.07, 6.45) is 0. The van der Waals surface area contributed by atoms with Crippen LogP contribution in [0, 0.1) is 12.7 Å². The van der Waals surface area contributed by atoms with Crippen LogP contribution in [0.2, 0.25) is 0 Å². The first-order chi connectivity index (χ1) is 14.1. The van der Waals surface area contributed by atoms with E-state index in [4.69, 9.17) is 4.74 Å². The van der Waals surface area contributed by atoms with Gasteiger partial charge in [0, 0.05) is 0 Å². The summed E-state index contributed by atoms with van der Waals surface area (Å²) in [5, 5.41) is 0. The lowest BCUT2D eigenvalue weighted by Crippen LogP contribution is -2.28. The highest BCUT2D eigenvalue weighted by Crippen LogP contribution is 2.32. The quantitative estimate of drug-likeness (QED) is 0.284. The van der Waals surface area contributed by atoms with Crippen LogP contribution in [0.3, 0.4) is 0 Å². The lowest BCUT2D eigenvalue weighted by atomic mass is 10.0. The van der Waals surface area contributed by atoms with Gasteiger partial charge < -0.3 is 8.92 Å². The van der Waals surface area contributed by atoms with Gasteiger partial charge in [0.15, 0.2) is 11.6 Å². The Morgan fingerprint density at radius 1 is 0.867 bits per heavy atom. The maximum atomic E-state index is 14.4. The monoisotopic (exact) mass is 440 g/mol. The number of halogens is 4. The summed E-state index contributed by atoms with van der Waals surface area (Å²) in [4.78, 5) is 0. The molecule has 3 rings (SSSR count). The van der Waals surface area contributed by atoms with Crippen molar-refractivity contribution in [2.75, 3.05) is 0 Å². The van der Waals surface area contributed by atoms with E-state index in [0.29, 0.717) is 11.1 Å². The third-order valence-corrected chi connectivity index (χ3v) is 5.13. The highest BCUT2D eigenvalue weighted by atomic mass is 32.2. The van der Waals surface area contributed by atoms with Crippen molar-refractivity contribution in [1.82, 2.24) is 0 Å². The Hall–Kier alpha value is -3.07. The number of alkyl halides is 3. The molecule has 0 aliphatic heterocycles. The van der Waals surface area contributed by atoms with Crippen LogP contribution < -0.4 is 8.92 Å². The first-order valence-electron chi connectivity index (χ1n) is 8.65. The van der Waals surface area contributed by atoms with E-state index >= 15 is 0 Å². The topological polar surface area (TPSA) is 52.6 Å². The molecule has 0 bridgehead atoms. The minimum atomic E-state index is -5.77. The normalized spacial score (nSPS) is 11.9. The zero-order chi connectivity index (χ0) is 21.9. The second-order valence-electron chi connectivity index (χ2n) is 6.38. The van der Waals surface area contributed by atoms with Gasteiger partial charge in [-0.05, 0) is 53.4 Å². The number of aryl methyl sites for hydroxylation is 1. The Morgan fingerprint density at radius 3 is 2.03 bits per heavy atom. The number of ether oxygens (including phenoxy) is 1. The lowest BCUT2D eigenvalue weighted by Gasteiger charge is -2.13. The molecule has 3 aromatic carbocycles. The van der Waals surface area contributed by atoms with E-state index in [1.807, 2.05) is 30.3 Å². The van der Waals surface area contributed by atoms with Crippen molar-refractivity contribution in [3.8, 4) is 22.6 Å². The van der Waals surface area contributed by atoms with Gasteiger partial charge in [-0.3, -0.25) is 0 Å². The van der Waals surface area contributed by atoms with E-state index in [-0.39, 0.29) is 17.9 Å². The molecule has 0 saturated heterocycles. The van der Waals surface area contributed by atoms with Gasteiger partial charge in [0.1, 0.15) is 12.4 Å². The Bertz CT molecular complexity index is 1140. The standard InChI is InChI=1S/C21H16F4O4S/c1-14-11-16(7-9-19(14)29-30(26,27)21(23,24)25)17-8-10-20(18(22)12-17)28-13-15-5-3-2-4-6-15/h2-12H,13H2,1H3. The minimum Gasteiger partial charge on any atom is -0.486 e. The van der Waals surface area contributed by atoms with E-state index in [1.165, 1.54) is 31.2 Å². The predicted octanol–water partition coefficient (Wildman–Crippen LogP) is 5.61. The van der Waals surface area contributed by atoms with E-state index in [1.54, 1.807) is 6.07 Å². The summed E-state index contributed by atoms with van der Waals surface area (Å²) in [6.45, 7) is 1.58. The molecule has 0 amide bonds. The molecule has 0 aliphatic carbocycles. The molecule has 0 fully saturated rings. The van der Waals surface area contributed by atoms with E-state index < -0.39 is 27.2 Å². The summed E-state index contributed by atoms with van der Waals surface area (Å²) < 4.78 is 83.8. The van der Waals surface area contributed by atoms with Crippen molar-refractivity contribution in [1.29, 1.82) is 0 Å². The van der Waals surface area contributed by atoms with Gasteiger partial charge in [0.25, 0.3) is 0 Å². The van der Waals surface area contributed by atoms with Gasteiger partial charge in [-0.25, -0.2) is 4.39 Å². The van der Waals surface area contributed by atoms with Crippen molar-refractivity contribution < 1.29 is 34.9 Å². The van der Waals surface area contributed by atoms with Crippen LogP contribution in [0.4, 0.5) is 17.6 Å². The molecule has 0 aromatic heterocycles. The summed E-state index contributed by atoms with van der Waals surface area (Å²) in [6, 6.07) is 17.3. The van der Waals surface area contributed by atoms with E-state index in [2.05, 4.69) is 4.18 Å². The van der Waals surface area contributed by atoms with Crippen molar-refractivity contribution >= 4 is 10.1 Å². The largest absolute Gasteiger partial charge is 0.534 e. The first kappa shape index (κ1) is 21.6. The number of benzene rings is 3. The van der Waals surface area contributed by atoms with E-state index in [9.17, 15) is 26.0 Å². The minimum absolute atomic E-state index is 0.0514. The van der Waals surface area contributed by atoms with Gasteiger partial charge in [0.2, 0.25) is 0 Å². The van der Waals surface area contributed by atoms with Crippen LogP contribution in [0.1, 0.15) is 11.1 Å². The van der Waals surface area contributed by atoms with Gasteiger partial charge in [-0.1, -0.05) is 42.5 Å². The molecule has 0 aliphatic rings. The van der Waals surface area contributed by atoms with Gasteiger partial charge in [-0.15, -0.1) is 0 Å². The number of hydrogen-bond donors (Lipinski definition) is 0. The van der Waals surface area contributed by atoms with Crippen LogP contribution in [-0.2, 0) is 16.7 Å². The van der Waals surface area contributed by atoms with Gasteiger partial charge in [-0.2, -0.15) is 21.6 Å². The second kappa shape index (κ2) is 8.35. The fraction of sp³-hybridized carbons (Fsp3) is 0.143. The van der Waals surface area contributed by atoms with Crippen molar-refractivity contribution in [3.05, 3.63) is 83.7 Å². The zero-order valence-electron chi connectivity index (χ0n) is 15.6. The molecule has 0 unspecified atom stereocenters. The average molecular weight is 440 g/mol. The fourth-order valence-corrected chi connectivity index (χ4v) is 3.14. The maximum absolute atomic E-state index is 14.4. The van der Waals surface area contributed by atoms with Crippen molar-refractivity contribution in [2.24, 2.45) is 0 Å². The van der Waals surface area contributed by atoms with Crippen LogP contribution >= 0.6 is 0 Å². The SMILES string of the molecule is Cc1cc(-c2ccc(OCc3ccccc3)c(F)c2)ccc1OS(=O)(=O)C(F)(F)F. The molecular weight excluding hydrogens is 424 g/mol. The smallest absolute Gasteiger partial charge is 0.486 e. The van der Waals surface area contributed by atoms with E-state index in [0.717, 1.165) is 11.6 Å². The van der Waals surface area contributed by atoms with Crippen LogP contribution in [0.15, 0.2) is 66.7 Å². The van der Waals surface area contributed by atoms with Crippen LogP contribution in [-0.4, -0.2) is 13.9 Å². The van der Waals surface area contributed by atoms with Gasteiger partial charge in [0.05, 0.1) is 0 Å². The first-order valence-corrected chi connectivity index (χ1v) is 10.1. The Labute approximate surface area is 170 Å². The molecule has 0 spiro atoms. The van der Waals surface area contributed by atoms with Gasteiger partial charge >= 0.3 is 15.6 Å². The van der Waals surface area contributed by atoms with Crippen molar-refractivity contribution in [3.63, 3.8) is 0 Å². The van der Waals surface area contributed by atoms with Crippen LogP contribution in [0.25, 0.3) is 11.1 Å². The summed E-state index contributed by atoms with van der Waals surface area (Å²) in [5.41, 5.74) is -3.60. The molecule has 0 saturated carbocycles. The number of rotatable bonds is 6. The molecular formula is C21H16F4O4S.